The van der Waals surface area contributed by atoms with Crippen LogP contribution in [0.2, 0.25) is 0 Å². The molecule has 5 rings (SSSR count). The van der Waals surface area contributed by atoms with Gasteiger partial charge in [-0.3, -0.25) is 24.2 Å². The van der Waals surface area contributed by atoms with Crippen molar-refractivity contribution in [3.63, 3.8) is 0 Å². The van der Waals surface area contributed by atoms with Crippen molar-refractivity contribution in [2.24, 2.45) is 0 Å². The molecule has 0 aliphatic carbocycles. The molecule has 1 N–H and O–H groups in total. The average Bonchev–Trinajstić information content (AvgIpc) is 3.64. The third kappa shape index (κ3) is 9.02. The number of nitrogens with one attached hydrogen (secondary N) is 1. The van der Waals surface area contributed by atoms with Gasteiger partial charge in [0.2, 0.25) is 11.8 Å². The first kappa shape index (κ1) is 36.4. The van der Waals surface area contributed by atoms with Crippen LogP contribution in [-0.4, -0.2) is 70.8 Å². The summed E-state index contributed by atoms with van der Waals surface area (Å²) in [5.41, 5.74) is 1.28. The summed E-state index contributed by atoms with van der Waals surface area (Å²) in [4.78, 5) is 60.4. The second-order valence-electron chi connectivity index (χ2n) is 12.9. The predicted molar refractivity (Wildman–Crippen MR) is 195 cm³/mol. The van der Waals surface area contributed by atoms with Gasteiger partial charge in [0.15, 0.2) is 0 Å². The van der Waals surface area contributed by atoms with Gasteiger partial charge in [-0.2, -0.15) is 0 Å². The maximum absolute atomic E-state index is 14.7. The molecular weight excluding hydrogens is 676 g/mol. The Morgan fingerprint density at radius 3 is 2.26 bits per heavy atom. The lowest BCUT2D eigenvalue weighted by molar-refractivity contribution is -0.140. The molecule has 2 unspecified atom stereocenters. The first-order valence-electron chi connectivity index (χ1n) is 16.3. The fourth-order valence-electron chi connectivity index (χ4n) is 5.70. The van der Waals surface area contributed by atoms with Gasteiger partial charge in [-0.25, -0.2) is 4.79 Å². The van der Waals surface area contributed by atoms with Gasteiger partial charge < -0.3 is 19.7 Å². The van der Waals surface area contributed by atoms with E-state index in [9.17, 15) is 19.2 Å². The lowest BCUT2D eigenvalue weighted by Crippen LogP contribution is -2.63. The van der Waals surface area contributed by atoms with Crippen LogP contribution >= 0.6 is 22.9 Å². The van der Waals surface area contributed by atoms with Gasteiger partial charge in [-0.05, 0) is 80.6 Å². The average molecular weight is 717 g/mol. The highest BCUT2D eigenvalue weighted by atomic mass is 35.5. The van der Waals surface area contributed by atoms with Crippen molar-refractivity contribution >= 4 is 52.4 Å². The van der Waals surface area contributed by atoms with E-state index in [4.69, 9.17) is 21.1 Å². The van der Waals surface area contributed by atoms with Crippen molar-refractivity contribution in [1.29, 1.82) is 0 Å². The highest BCUT2D eigenvalue weighted by molar-refractivity contribution is 7.10. The number of thiophene rings is 1. The van der Waals surface area contributed by atoms with Gasteiger partial charge in [0.05, 0.1) is 6.54 Å². The fourth-order valence-corrected chi connectivity index (χ4v) is 6.63. The van der Waals surface area contributed by atoms with Crippen LogP contribution < -0.4 is 15.0 Å². The molecule has 2 heterocycles. The van der Waals surface area contributed by atoms with E-state index >= 15 is 0 Å². The largest absolute Gasteiger partial charge is 0.457 e. The molecule has 1 aliphatic heterocycles. The molecule has 10 nitrogen and oxygen atoms in total. The summed E-state index contributed by atoms with van der Waals surface area (Å²) in [5.74, 6) is -0.440. The summed E-state index contributed by atoms with van der Waals surface area (Å²) >= 11 is 7.53. The Hall–Kier alpha value is -4.87. The highest BCUT2D eigenvalue weighted by Crippen LogP contribution is 2.36. The van der Waals surface area contributed by atoms with Gasteiger partial charge in [-0.1, -0.05) is 54.6 Å². The zero-order chi connectivity index (χ0) is 35.8. The molecule has 3 aromatic carbocycles. The molecule has 0 bridgehead atoms. The minimum atomic E-state index is -1.08. The number of para-hydroxylation sites is 1. The molecule has 2 atom stereocenters. The normalized spacial score (nSPS) is 15.2. The van der Waals surface area contributed by atoms with E-state index < -0.39 is 41.5 Å². The number of hydrogen-bond donors (Lipinski definition) is 1. The van der Waals surface area contributed by atoms with Crippen LogP contribution in [0.15, 0.2) is 96.4 Å². The van der Waals surface area contributed by atoms with Gasteiger partial charge in [0, 0.05) is 30.2 Å². The number of ether oxygens (including phenoxy) is 2. The number of halogens is 1. The summed E-state index contributed by atoms with van der Waals surface area (Å²) in [6.07, 6.45) is -0.647. The van der Waals surface area contributed by atoms with Crippen LogP contribution in [0.3, 0.4) is 0 Å². The minimum absolute atomic E-state index is 0.0508. The minimum Gasteiger partial charge on any atom is -0.457 e. The summed E-state index contributed by atoms with van der Waals surface area (Å²) in [6.45, 7) is 7.41. The number of hydrogen-bond acceptors (Lipinski definition) is 7. The molecule has 4 aromatic rings. The Morgan fingerprint density at radius 2 is 1.64 bits per heavy atom. The van der Waals surface area contributed by atoms with Crippen LogP contribution in [0.5, 0.6) is 11.5 Å². The lowest BCUT2D eigenvalue weighted by Gasteiger charge is -2.43. The molecule has 12 heteroatoms. The quantitative estimate of drug-likeness (QED) is 0.179. The molecule has 50 heavy (non-hydrogen) atoms. The Kier molecular flexibility index (Phi) is 11.8. The van der Waals surface area contributed by atoms with Crippen LogP contribution in [0.25, 0.3) is 0 Å². The molecular formula is C38H41ClN4O6S. The number of carbonyl (C=O) groups is 4. The van der Waals surface area contributed by atoms with E-state index in [1.54, 1.807) is 45.0 Å². The van der Waals surface area contributed by atoms with E-state index in [0.29, 0.717) is 27.6 Å². The molecule has 1 aromatic heterocycles. The van der Waals surface area contributed by atoms with Gasteiger partial charge in [0.1, 0.15) is 35.1 Å². The lowest BCUT2D eigenvalue weighted by atomic mass is 10.1. The fraction of sp³-hybridized carbons (Fsp3) is 0.316. The Bertz CT molecular complexity index is 1780. The van der Waals surface area contributed by atoms with Crippen molar-refractivity contribution in [2.45, 2.75) is 51.9 Å². The standard InChI is InChI=1S/C38H41ClN4O6S/c1-26-22-29(48-28-14-9-6-10-15-28)17-18-30(26)43(33(44)23-39)34(32-16-11-21-50-32)36(46)41-19-20-42(37(47)49-38(2,3)4)31(25-41)35(45)40-24-27-12-7-5-8-13-27/h5-18,21-22,31,34H,19-20,23-25H2,1-4H3,(H,40,45). The maximum atomic E-state index is 14.7. The monoisotopic (exact) mass is 716 g/mol. The van der Waals surface area contributed by atoms with Crippen LogP contribution in [-0.2, 0) is 25.7 Å². The number of carbonyl (C=O) groups excluding carboxylic acids is 4. The van der Waals surface area contributed by atoms with Gasteiger partial charge >= 0.3 is 6.09 Å². The molecule has 262 valence electrons. The molecule has 4 amide bonds. The highest BCUT2D eigenvalue weighted by Gasteiger charge is 2.43. The van der Waals surface area contributed by atoms with E-state index in [2.05, 4.69) is 5.32 Å². The third-order valence-electron chi connectivity index (χ3n) is 8.03. The number of benzene rings is 3. The van der Waals surface area contributed by atoms with Crippen molar-refractivity contribution in [1.82, 2.24) is 15.1 Å². The SMILES string of the molecule is Cc1cc(Oc2ccccc2)ccc1N(C(=O)CCl)C(C(=O)N1CCN(C(=O)OC(C)(C)C)C(C(=O)NCc2ccccc2)C1)c1cccs1. The Balaban J connectivity index is 1.45. The molecule has 1 fully saturated rings. The van der Waals surface area contributed by atoms with Crippen LogP contribution in [0, 0.1) is 6.92 Å². The molecule has 0 spiro atoms. The zero-order valence-corrected chi connectivity index (χ0v) is 30.1. The van der Waals surface area contributed by atoms with Gasteiger partial charge in [0.25, 0.3) is 5.91 Å². The number of amides is 4. The van der Waals surface area contributed by atoms with Crippen molar-refractivity contribution < 1.29 is 28.7 Å². The summed E-state index contributed by atoms with van der Waals surface area (Å²) in [5, 5.41) is 4.76. The Morgan fingerprint density at radius 1 is 0.940 bits per heavy atom. The molecule has 0 saturated carbocycles. The third-order valence-corrected chi connectivity index (χ3v) is 9.18. The second kappa shape index (κ2) is 16.2. The van der Waals surface area contributed by atoms with Crippen molar-refractivity contribution in [2.75, 3.05) is 30.4 Å². The van der Waals surface area contributed by atoms with E-state index in [1.807, 2.05) is 79.0 Å². The number of nitrogens with zero attached hydrogens (tertiary/aromatic N) is 3. The topological polar surface area (TPSA) is 108 Å². The summed E-state index contributed by atoms with van der Waals surface area (Å²) < 4.78 is 11.7. The molecule has 1 saturated heterocycles. The summed E-state index contributed by atoms with van der Waals surface area (Å²) in [6, 6.07) is 25.5. The number of anilines is 1. The predicted octanol–water partition coefficient (Wildman–Crippen LogP) is 6.93. The van der Waals surface area contributed by atoms with Crippen molar-refractivity contribution in [3.8, 4) is 11.5 Å². The smallest absolute Gasteiger partial charge is 0.411 e. The zero-order valence-electron chi connectivity index (χ0n) is 28.5. The first-order valence-corrected chi connectivity index (χ1v) is 17.7. The van der Waals surface area contributed by atoms with Crippen molar-refractivity contribution in [3.05, 3.63) is 112 Å². The van der Waals surface area contributed by atoms with E-state index in [0.717, 1.165) is 5.56 Å². The summed E-state index contributed by atoms with van der Waals surface area (Å²) in [7, 11) is 0. The van der Waals surface area contributed by atoms with E-state index in [1.165, 1.54) is 26.0 Å². The maximum Gasteiger partial charge on any atom is 0.411 e. The number of alkyl halides is 1. The van der Waals surface area contributed by atoms with Gasteiger partial charge in [-0.15, -0.1) is 22.9 Å². The van der Waals surface area contributed by atoms with Crippen LogP contribution in [0.4, 0.5) is 10.5 Å². The first-order chi connectivity index (χ1) is 23.9. The number of rotatable bonds is 10. The second-order valence-corrected chi connectivity index (χ2v) is 14.1. The number of aryl methyl sites for hydroxylation is 1. The number of piperazine rings is 1. The molecule has 1 aliphatic rings. The molecule has 0 radical (unpaired) electrons. The van der Waals surface area contributed by atoms with Crippen LogP contribution in [0.1, 0.15) is 42.8 Å². The Labute approximate surface area is 301 Å². The van der Waals surface area contributed by atoms with E-state index in [-0.39, 0.29) is 32.1 Å².